The van der Waals surface area contributed by atoms with Crippen molar-refractivity contribution in [3.05, 3.63) is 99.5 Å². The second kappa shape index (κ2) is 8.97. The predicted molar refractivity (Wildman–Crippen MR) is 127 cm³/mol. The van der Waals surface area contributed by atoms with Gasteiger partial charge in [-0.25, -0.2) is 0 Å². The number of carbonyl (C=O) groups excluding carboxylic acids is 2. The van der Waals surface area contributed by atoms with Gasteiger partial charge in [-0.15, -0.1) is 0 Å². The molecule has 0 bridgehead atoms. The molecule has 0 radical (unpaired) electrons. The number of benzene rings is 3. The summed E-state index contributed by atoms with van der Waals surface area (Å²) in [6.07, 6.45) is 0. The van der Waals surface area contributed by atoms with Crippen molar-refractivity contribution >= 4 is 40.8 Å². The summed E-state index contributed by atoms with van der Waals surface area (Å²) in [5, 5.41) is 0.911. The number of halogens is 2. The Kier molecular flexibility index (Phi) is 6.27. The lowest BCUT2D eigenvalue weighted by atomic mass is 9.70. The second-order valence-corrected chi connectivity index (χ2v) is 8.97. The summed E-state index contributed by atoms with van der Waals surface area (Å²) < 4.78 is 5.43. The second-order valence-electron chi connectivity index (χ2n) is 8.15. The first-order valence-electron chi connectivity index (χ1n) is 10.4. The van der Waals surface area contributed by atoms with E-state index in [0.29, 0.717) is 10.0 Å². The quantitative estimate of drug-likeness (QED) is 0.408. The van der Waals surface area contributed by atoms with Crippen molar-refractivity contribution in [1.29, 1.82) is 0 Å². The van der Waals surface area contributed by atoms with Gasteiger partial charge in [-0.2, -0.15) is 0 Å². The molecule has 4 rings (SSSR count). The summed E-state index contributed by atoms with van der Waals surface area (Å²) in [4.78, 5) is 27.9. The highest BCUT2D eigenvalue weighted by Crippen LogP contribution is 2.49. The third-order valence-corrected chi connectivity index (χ3v) is 7.02. The average molecular weight is 468 g/mol. The van der Waals surface area contributed by atoms with Gasteiger partial charge in [0.25, 0.3) is 0 Å². The maximum atomic E-state index is 13.7. The summed E-state index contributed by atoms with van der Waals surface area (Å²) in [5.74, 6) is -0.798. The molecular formula is C26H23Cl2NO3. The Morgan fingerprint density at radius 2 is 1.69 bits per heavy atom. The van der Waals surface area contributed by atoms with Crippen LogP contribution in [0.15, 0.2) is 72.8 Å². The van der Waals surface area contributed by atoms with E-state index in [1.165, 1.54) is 4.90 Å². The van der Waals surface area contributed by atoms with E-state index >= 15 is 0 Å². The molecule has 4 nitrogen and oxygen atoms in total. The molecule has 0 aromatic heterocycles. The minimum atomic E-state index is -0.868. The highest BCUT2D eigenvalue weighted by atomic mass is 35.5. The van der Waals surface area contributed by atoms with Gasteiger partial charge in [0, 0.05) is 5.69 Å². The lowest BCUT2D eigenvalue weighted by Gasteiger charge is -2.31. The van der Waals surface area contributed by atoms with E-state index in [1.807, 2.05) is 74.5 Å². The fourth-order valence-corrected chi connectivity index (χ4v) is 4.56. The lowest BCUT2D eigenvalue weighted by Crippen LogP contribution is -2.43. The van der Waals surface area contributed by atoms with Crippen molar-refractivity contribution in [3.8, 4) is 0 Å². The summed E-state index contributed by atoms with van der Waals surface area (Å²) >= 11 is 12.3. The maximum absolute atomic E-state index is 13.7. The van der Waals surface area contributed by atoms with Gasteiger partial charge in [0.1, 0.15) is 13.2 Å². The topological polar surface area (TPSA) is 46.6 Å². The first-order chi connectivity index (χ1) is 15.3. The first-order valence-corrected chi connectivity index (χ1v) is 11.1. The van der Waals surface area contributed by atoms with Crippen molar-refractivity contribution < 1.29 is 14.3 Å². The molecule has 0 saturated heterocycles. The summed E-state index contributed by atoms with van der Waals surface area (Å²) in [6, 6.07) is 22.5. The van der Waals surface area contributed by atoms with Crippen LogP contribution in [-0.2, 0) is 26.3 Å². The zero-order valence-corrected chi connectivity index (χ0v) is 19.4. The molecule has 0 N–H and O–H groups in total. The highest BCUT2D eigenvalue weighted by molar-refractivity contribution is 6.42. The van der Waals surface area contributed by atoms with Crippen LogP contribution in [-0.4, -0.2) is 18.4 Å². The number of esters is 1. The van der Waals surface area contributed by atoms with Crippen LogP contribution in [0, 0.1) is 0 Å². The lowest BCUT2D eigenvalue weighted by molar-refractivity contribution is -0.144. The van der Waals surface area contributed by atoms with Crippen LogP contribution in [0.1, 0.15) is 36.5 Å². The van der Waals surface area contributed by atoms with Crippen molar-refractivity contribution in [2.75, 3.05) is 11.4 Å². The number of amides is 1. The summed E-state index contributed by atoms with van der Waals surface area (Å²) in [5.41, 5.74) is 2.53. The highest BCUT2D eigenvalue weighted by Gasteiger charge is 2.51. The number of hydrogen-bond donors (Lipinski definition) is 0. The number of carbonyl (C=O) groups is 2. The van der Waals surface area contributed by atoms with Crippen molar-refractivity contribution in [3.63, 3.8) is 0 Å². The number of hydrogen-bond acceptors (Lipinski definition) is 3. The van der Waals surface area contributed by atoms with Gasteiger partial charge < -0.3 is 9.64 Å². The minimum Gasteiger partial charge on any atom is -0.459 e. The van der Waals surface area contributed by atoms with Gasteiger partial charge in [0.2, 0.25) is 5.91 Å². The van der Waals surface area contributed by atoms with E-state index in [1.54, 1.807) is 12.1 Å². The van der Waals surface area contributed by atoms with Gasteiger partial charge in [0.15, 0.2) is 0 Å². The normalized spacial score (nSPS) is 18.4. The molecular weight excluding hydrogens is 445 g/mol. The Balaban J connectivity index is 1.60. The molecule has 164 valence electrons. The SMILES string of the molecule is CC(c1ccc(Cl)c(Cl)c1)C1(C)C(=O)N(CC(=O)OCc2ccccc2)c2ccccc21. The number of anilines is 1. The minimum absolute atomic E-state index is 0.145. The van der Waals surface area contributed by atoms with E-state index < -0.39 is 11.4 Å². The van der Waals surface area contributed by atoms with Gasteiger partial charge in [-0.1, -0.05) is 84.7 Å². The number of fused-ring (bicyclic) bond motifs is 1. The molecule has 1 heterocycles. The Morgan fingerprint density at radius 3 is 2.41 bits per heavy atom. The standard InChI is InChI=1S/C26H23Cl2NO3/c1-17(19-12-13-21(27)22(28)14-19)26(2)20-10-6-7-11-23(20)29(25(26)31)15-24(30)32-16-18-8-4-3-5-9-18/h3-14,17H,15-16H2,1-2H3. The third-order valence-electron chi connectivity index (χ3n) is 6.28. The van der Waals surface area contributed by atoms with E-state index in [4.69, 9.17) is 27.9 Å². The Hall–Kier alpha value is -2.82. The van der Waals surface area contributed by atoms with Crippen LogP contribution < -0.4 is 4.90 Å². The van der Waals surface area contributed by atoms with Crippen molar-refractivity contribution in [2.24, 2.45) is 0 Å². The van der Waals surface area contributed by atoms with Gasteiger partial charge in [-0.3, -0.25) is 9.59 Å². The molecule has 1 aliphatic heterocycles. The van der Waals surface area contributed by atoms with Crippen LogP contribution in [0.4, 0.5) is 5.69 Å². The van der Waals surface area contributed by atoms with Crippen molar-refractivity contribution in [2.45, 2.75) is 31.8 Å². The Bertz CT molecular complexity index is 1160. The predicted octanol–water partition coefficient (Wildman–Crippen LogP) is 6.14. The fraction of sp³-hybridized carbons (Fsp3) is 0.231. The van der Waals surface area contributed by atoms with Gasteiger partial charge in [0.05, 0.1) is 15.5 Å². The zero-order valence-electron chi connectivity index (χ0n) is 17.8. The molecule has 32 heavy (non-hydrogen) atoms. The third kappa shape index (κ3) is 4.01. The van der Waals surface area contributed by atoms with Crippen LogP contribution >= 0.6 is 23.2 Å². The largest absolute Gasteiger partial charge is 0.459 e. The van der Waals surface area contributed by atoms with Crippen molar-refractivity contribution in [1.82, 2.24) is 0 Å². The number of nitrogens with zero attached hydrogens (tertiary/aromatic N) is 1. The van der Waals surface area contributed by atoms with Gasteiger partial charge in [-0.05, 0) is 47.7 Å². The first kappa shape index (κ1) is 22.4. The molecule has 1 aliphatic rings. The summed E-state index contributed by atoms with van der Waals surface area (Å²) in [7, 11) is 0. The molecule has 3 aromatic rings. The fourth-order valence-electron chi connectivity index (χ4n) is 4.26. The number of ether oxygens (including phenoxy) is 1. The molecule has 1 amide bonds. The van der Waals surface area contributed by atoms with Gasteiger partial charge >= 0.3 is 5.97 Å². The Labute approximate surface area is 197 Å². The van der Waals surface area contributed by atoms with Crippen LogP contribution in [0.25, 0.3) is 0 Å². The van der Waals surface area contributed by atoms with E-state index in [0.717, 1.165) is 22.4 Å². The van der Waals surface area contributed by atoms with E-state index in [9.17, 15) is 9.59 Å². The number of rotatable bonds is 6. The number of para-hydroxylation sites is 1. The molecule has 0 fully saturated rings. The van der Waals surface area contributed by atoms with Crippen LogP contribution in [0.2, 0.25) is 10.0 Å². The van der Waals surface area contributed by atoms with E-state index in [-0.39, 0.29) is 25.0 Å². The zero-order chi connectivity index (χ0) is 22.9. The van der Waals surface area contributed by atoms with Crippen LogP contribution in [0.3, 0.4) is 0 Å². The molecule has 0 aliphatic carbocycles. The molecule has 0 spiro atoms. The monoisotopic (exact) mass is 467 g/mol. The molecule has 3 aromatic carbocycles. The van der Waals surface area contributed by atoms with E-state index in [2.05, 4.69) is 0 Å². The molecule has 0 saturated carbocycles. The molecule has 6 heteroatoms. The maximum Gasteiger partial charge on any atom is 0.326 e. The smallest absolute Gasteiger partial charge is 0.326 e. The molecule has 2 atom stereocenters. The summed E-state index contributed by atoms with van der Waals surface area (Å²) in [6.45, 7) is 3.93. The Morgan fingerprint density at radius 1 is 1.00 bits per heavy atom. The molecule has 2 unspecified atom stereocenters. The average Bonchev–Trinajstić information content (AvgIpc) is 3.02. The van der Waals surface area contributed by atoms with Crippen LogP contribution in [0.5, 0.6) is 0 Å².